The number of amides is 3. The standard InChI is InChI=1S/C14H16F3N5O2/c1-6-4-9(14(15,16)17)22-10(19-6)5-18-12(23)11-7(2)20-13(24)21-8(11)3/h4,7H,5H2,1-3H3,(H,18,23)(H2,20,21,24)/t7-/m0/s1. The summed E-state index contributed by atoms with van der Waals surface area (Å²) < 4.78 is 38.2. The van der Waals surface area contributed by atoms with E-state index in [2.05, 4.69) is 25.9 Å². The zero-order chi connectivity index (χ0) is 18.1. The van der Waals surface area contributed by atoms with Gasteiger partial charge in [-0.2, -0.15) is 13.2 Å². The summed E-state index contributed by atoms with van der Waals surface area (Å²) in [6, 6.07) is -0.114. The molecule has 0 fully saturated rings. The van der Waals surface area contributed by atoms with E-state index in [-0.39, 0.29) is 18.1 Å². The molecule has 7 nitrogen and oxygen atoms in total. The summed E-state index contributed by atoms with van der Waals surface area (Å²) in [5.74, 6) is -0.666. The van der Waals surface area contributed by atoms with Crippen molar-refractivity contribution in [1.82, 2.24) is 25.9 Å². The molecule has 130 valence electrons. The molecule has 2 rings (SSSR count). The van der Waals surface area contributed by atoms with Gasteiger partial charge in [0.05, 0.1) is 18.2 Å². The Balaban J connectivity index is 2.14. The van der Waals surface area contributed by atoms with Gasteiger partial charge in [0.25, 0.3) is 5.91 Å². The minimum atomic E-state index is -4.59. The number of urea groups is 1. The van der Waals surface area contributed by atoms with Gasteiger partial charge in [0.2, 0.25) is 0 Å². The third-order valence-corrected chi connectivity index (χ3v) is 3.33. The van der Waals surface area contributed by atoms with Crippen LogP contribution in [0.1, 0.15) is 31.1 Å². The molecule has 1 aliphatic heterocycles. The van der Waals surface area contributed by atoms with E-state index < -0.39 is 29.9 Å². The average molecular weight is 343 g/mol. The molecular formula is C14H16F3N5O2. The Hall–Kier alpha value is -2.65. The lowest BCUT2D eigenvalue weighted by atomic mass is 10.0. The van der Waals surface area contributed by atoms with E-state index in [9.17, 15) is 22.8 Å². The van der Waals surface area contributed by atoms with Crippen LogP contribution >= 0.6 is 0 Å². The van der Waals surface area contributed by atoms with Crippen molar-refractivity contribution in [2.75, 3.05) is 0 Å². The van der Waals surface area contributed by atoms with E-state index in [0.717, 1.165) is 6.07 Å². The van der Waals surface area contributed by atoms with Crippen molar-refractivity contribution in [3.8, 4) is 0 Å². The van der Waals surface area contributed by atoms with Crippen LogP contribution in [0, 0.1) is 6.92 Å². The first-order valence-electron chi connectivity index (χ1n) is 7.06. The summed E-state index contributed by atoms with van der Waals surface area (Å²) >= 11 is 0. The van der Waals surface area contributed by atoms with Crippen molar-refractivity contribution in [2.24, 2.45) is 0 Å². The number of alkyl halides is 3. The number of carbonyl (C=O) groups excluding carboxylic acids is 2. The first-order valence-corrected chi connectivity index (χ1v) is 7.06. The predicted molar refractivity (Wildman–Crippen MR) is 77.4 cm³/mol. The van der Waals surface area contributed by atoms with Crippen LogP contribution < -0.4 is 16.0 Å². The van der Waals surface area contributed by atoms with Crippen molar-refractivity contribution in [3.05, 3.63) is 34.5 Å². The number of hydrogen-bond acceptors (Lipinski definition) is 4. The highest BCUT2D eigenvalue weighted by molar-refractivity contribution is 5.98. The molecule has 1 aromatic rings. The molecule has 0 spiro atoms. The van der Waals surface area contributed by atoms with Crippen LogP contribution in [-0.2, 0) is 17.5 Å². The summed E-state index contributed by atoms with van der Waals surface area (Å²) in [5, 5.41) is 7.46. The van der Waals surface area contributed by atoms with E-state index in [1.165, 1.54) is 6.92 Å². The number of halogens is 3. The molecule has 0 aliphatic carbocycles. The van der Waals surface area contributed by atoms with Gasteiger partial charge in [0.15, 0.2) is 0 Å². The molecule has 3 amide bonds. The number of aromatic nitrogens is 2. The van der Waals surface area contributed by atoms with E-state index >= 15 is 0 Å². The van der Waals surface area contributed by atoms with E-state index in [4.69, 9.17) is 0 Å². The van der Waals surface area contributed by atoms with Crippen LogP contribution in [0.2, 0.25) is 0 Å². The number of aryl methyl sites for hydroxylation is 1. The predicted octanol–water partition coefficient (Wildman–Crippen LogP) is 1.40. The van der Waals surface area contributed by atoms with Gasteiger partial charge in [-0.15, -0.1) is 0 Å². The second-order valence-corrected chi connectivity index (χ2v) is 5.35. The number of carbonyl (C=O) groups is 2. The van der Waals surface area contributed by atoms with Gasteiger partial charge in [-0.3, -0.25) is 4.79 Å². The van der Waals surface area contributed by atoms with Crippen LogP contribution in [0.3, 0.4) is 0 Å². The van der Waals surface area contributed by atoms with E-state index in [1.807, 2.05) is 0 Å². The Morgan fingerprint density at radius 3 is 2.58 bits per heavy atom. The van der Waals surface area contributed by atoms with Crippen molar-refractivity contribution in [3.63, 3.8) is 0 Å². The van der Waals surface area contributed by atoms with Crippen molar-refractivity contribution in [1.29, 1.82) is 0 Å². The second-order valence-electron chi connectivity index (χ2n) is 5.35. The SMILES string of the molecule is CC1=C(C(=O)NCc2nc(C)cc(C(F)(F)F)n2)[C@H](C)NC(=O)N1. The Morgan fingerprint density at radius 1 is 1.33 bits per heavy atom. The molecule has 3 N–H and O–H groups in total. The Bertz CT molecular complexity index is 715. The molecule has 0 bridgehead atoms. The number of rotatable bonds is 3. The molecule has 0 saturated carbocycles. The maximum atomic E-state index is 12.7. The number of nitrogens with one attached hydrogen (secondary N) is 3. The molecule has 0 unspecified atom stereocenters. The third kappa shape index (κ3) is 4.00. The minimum absolute atomic E-state index is 0.144. The molecule has 0 radical (unpaired) electrons. The van der Waals surface area contributed by atoms with Gasteiger partial charge in [0, 0.05) is 11.4 Å². The average Bonchev–Trinajstić information content (AvgIpc) is 2.42. The van der Waals surface area contributed by atoms with Gasteiger partial charge in [0.1, 0.15) is 11.5 Å². The lowest BCUT2D eigenvalue weighted by Crippen LogP contribution is -2.50. The molecule has 1 atom stereocenters. The van der Waals surface area contributed by atoms with Gasteiger partial charge in [-0.1, -0.05) is 0 Å². The highest BCUT2D eigenvalue weighted by Crippen LogP contribution is 2.27. The quantitative estimate of drug-likeness (QED) is 0.773. The van der Waals surface area contributed by atoms with Crippen molar-refractivity contribution >= 4 is 11.9 Å². The van der Waals surface area contributed by atoms with Gasteiger partial charge < -0.3 is 16.0 Å². The Labute approximate surface area is 135 Å². The molecule has 1 aliphatic rings. The monoisotopic (exact) mass is 343 g/mol. The highest BCUT2D eigenvalue weighted by atomic mass is 19.4. The van der Waals surface area contributed by atoms with Gasteiger partial charge in [-0.05, 0) is 26.8 Å². The van der Waals surface area contributed by atoms with Gasteiger partial charge in [-0.25, -0.2) is 14.8 Å². The molecule has 24 heavy (non-hydrogen) atoms. The van der Waals surface area contributed by atoms with Crippen LogP contribution in [0.4, 0.5) is 18.0 Å². The molecule has 2 heterocycles. The minimum Gasteiger partial charge on any atom is -0.345 e. The smallest absolute Gasteiger partial charge is 0.345 e. The molecular weight excluding hydrogens is 327 g/mol. The maximum absolute atomic E-state index is 12.7. The largest absolute Gasteiger partial charge is 0.433 e. The number of allylic oxidation sites excluding steroid dienone is 1. The second kappa shape index (κ2) is 6.46. The molecule has 0 aromatic carbocycles. The van der Waals surface area contributed by atoms with E-state index in [0.29, 0.717) is 11.3 Å². The molecule has 0 saturated heterocycles. The topological polar surface area (TPSA) is 96.0 Å². The highest BCUT2D eigenvalue weighted by Gasteiger charge is 2.33. The third-order valence-electron chi connectivity index (χ3n) is 3.33. The van der Waals surface area contributed by atoms with Crippen molar-refractivity contribution in [2.45, 2.75) is 39.5 Å². The zero-order valence-corrected chi connectivity index (χ0v) is 13.2. The fraction of sp³-hybridized carbons (Fsp3) is 0.429. The first-order chi connectivity index (χ1) is 11.1. The fourth-order valence-corrected chi connectivity index (χ4v) is 2.34. The summed E-state index contributed by atoms with van der Waals surface area (Å²) in [4.78, 5) is 30.8. The Morgan fingerprint density at radius 2 is 2.00 bits per heavy atom. The summed E-state index contributed by atoms with van der Waals surface area (Å²) in [6.07, 6.45) is -4.59. The van der Waals surface area contributed by atoms with Gasteiger partial charge >= 0.3 is 12.2 Å². The van der Waals surface area contributed by atoms with Crippen LogP contribution in [0.15, 0.2) is 17.3 Å². The van der Waals surface area contributed by atoms with E-state index in [1.54, 1.807) is 13.8 Å². The Kier molecular flexibility index (Phi) is 4.76. The summed E-state index contributed by atoms with van der Waals surface area (Å²) in [7, 11) is 0. The van der Waals surface area contributed by atoms with Crippen LogP contribution in [0.25, 0.3) is 0 Å². The van der Waals surface area contributed by atoms with Crippen molar-refractivity contribution < 1.29 is 22.8 Å². The zero-order valence-electron chi connectivity index (χ0n) is 13.2. The first kappa shape index (κ1) is 17.7. The number of nitrogens with zero attached hydrogens (tertiary/aromatic N) is 2. The summed E-state index contributed by atoms with van der Waals surface area (Å²) in [6.45, 7) is 4.34. The lowest BCUT2D eigenvalue weighted by molar-refractivity contribution is -0.141. The lowest BCUT2D eigenvalue weighted by Gasteiger charge is -2.25. The molecule has 1 aromatic heterocycles. The fourth-order valence-electron chi connectivity index (χ4n) is 2.34. The summed E-state index contributed by atoms with van der Waals surface area (Å²) in [5.41, 5.74) is -0.241. The number of hydrogen-bond donors (Lipinski definition) is 3. The molecule has 10 heteroatoms. The van der Waals surface area contributed by atoms with Crippen LogP contribution in [0.5, 0.6) is 0 Å². The maximum Gasteiger partial charge on any atom is 0.433 e. The normalized spacial score (nSPS) is 18.1. The van der Waals surface area contributed by atoms with Crippen LogP contribution in [-0.4, -0.2) is 27.9 Å².